The molecule has 5 nitrogen and oxygen atoms in total. The SMILES string of the molecule is Cc1ccc(OC2CCN(S(=O)(=O)C3CCCCC3)C2)nc1. The van der Waals surface area contributed by atoms with Crippen LogP contribution in [0.15, 0.2) is 18.3 Å². The van der Waals surface area contributed by atoms with Gasteiger partial charge in [0.25, 0.3) is 0 Å². The van der Waals surface area contributed by atoms with E-state index in [1.807, 2.05) is 19.1 Å². The molecule has 0 bridgehead atoms. The third kappa shape index (κ3) is 3.43. The van der Waals surface area contributed by atoms with Gasteiger partial charge in [0.05, 0.1) is 11.8 Å². The Labute approximate surface area is 132 Å². The van der Waals surface area contributed by atoms with Crippen LogP contribution in [0.4, 0.5) is 0 Å². The second-order valence-electron chi connectivity index (χ2n) is 6.37. The summed E-state index contributed by atoms with van der Waals surface area (Å²) in [4.78, 5) is 4.23. The van der Waals surface area contributed by atoms with Crippen molar-refractivity contribution in [1.29, 1.82) is 0 Å². The first-order valence-electron chi connectivity index (χ1n) is 8.14. The largest absolute Gasteiger partial charge is 0.473 e. The van der Waals surface area contributed by atoms with Crippen molar-refractivity contribution in [2.24, 2.45) is 0 Å². The predicted molar refractivity (Wildman–Crippen MR) is 85.4 cm³/mol. The van der Waals surface area contributed by atoms with E-state index in [0.29, 0.717) is 19.0 Å². The minimum atomic E-state index is -3.16. The lowest BCUT2D eigenvalue weighted by Crippen LogP contribution is -2.39. The van der Waals surface area contributed by atoms with Gasteiger partial charge in [-0.15, -0.1) is 0 Å². The van der Waals surface area contributed by atoms with E-state index in [2.05, 4.69) is 4.98 Å². The molecule has 1 aromatic rings. The number of hydrogen-bond donors (Lipinski definition) is 0. The van der Waals surface area contributed by atoms with Crippen LogP contribution in [0, 0.1) is 6.92 Å². The van der Waals surface area contributed by atoms with Gasteiger partial charge in [0.1, 0.15) is 6.10 Å². The Kier molecular flexibility index (Phi) is 4.68. The normalized spacial score (nSPS) is 24.5. The van der Waals surface area contributed by atoms with E-state index in [1.54, 1.807) is 10.5 Å². The Morgan fingerprint density at radius 1 is 1.18 bits per heavy atom. The van der Waals surface area contributed by atoms with E-state index in [-0.39, 0.29) is 11.4 Å². The lowest BCUT2D eigenvalue weighted by molar-refractivity contribution is 0.206. The van der Waals surface area contributed by atoms with Crippen LogP contribution >= 0.6 is 0 Å². The first kappa shape index (κ1) is 15.7. The smallest absolute Gasteiger partial charge is 0.217 e. The van der Waals surface area contributed by atoms with E-state index in [4.69, 9.17) is 4.74 Å². The topological polar surface area (TPSA) is 59.5 Å². The maximum Gasteiger partial charge on any atom is 0.217 e. The number of sulfonamides is 1. The third-order valence-corrected chi connectivity index (χ3v) is 6.98. The Hall–Kier alpha value is -1.14. The van der Waals surface area contributed by atoms with Crippen molar-refractivity contribution in [3.63, 3.8) is 0 Å². The highest BCUT2D eigenvalue weighted by Crippen LogP contribution is 2.28. The number of pyridine rings is 1. The van der Waals surface area contributed by atoms with Crippen LogP contribution in [-0.4, -0.2) is 42.2 Å². The minimum Gasteiger partial charge on any atom is -0.473 e. The molecule has 1 saturated heterocycles. The second kappa shape index (κ2) is 6.54. The van der Waals surface area contributed by atoms with Crippen molar-refractivity contribution in [3.8, 4) is 5.88 Å². The second-order valence-corrected chi connectivity index (χ2v) is 8.58. The highest BCUT2D eigenvalue weighted by molar-refractivity contribution is 7.89. The molecule has 1 saturated carbocycles. The summed E-state index contributed by atoms with van der Waals surface area (Å²) in [7, 11) is -3.16. The van der Waals surface area contributed by atoms with Crippen LogP contribution in [-0.2, 0) is 10.0 Å². The fourth-order valence-corrected chi connectivity index (χ4v) is 5.38. The van der Waals surface area contributed by atoms with Crippen LogP contribution in [0.25, 0.3) is 0 Å². The van der Waals surface area contributed by atoms with Crippen molar-refractivity contribution < 1.29 is 13.2 Å². The summed E-state index contributed by atoms with van der Waals surface area (Å²) in [5.41, 5.74) is 1.08. The monoisotopic (exact) mass is 324 g/mol. The van der Waals surface area contributed by atoms with E-state index in [0.717, 1.165) is 44.1 Å². The highest BCUT2D eigenvalue weighted by Gasteiger charge is 2.38. The molecular formula is C16H24N2O3S. The van der Waals surface area contributed by atoms with Gasteiger partial charge in [0, 0.05) is 18.8 Å². The van der Waals surface area contributed by atoms with Crippen molar-refractivity contribution in [2.75, 3.05) is 13.1 Å². The molecule has 2 aliphatic rings. The van der Waals surface area contributed by atoms with Crippen molar-refractivity contribution in [3.05, 3.63) is 23.9 Å². The molecule has 1 unspecified atom stereocenters. The average molecular weight is 324 g/mol. The molecule has 1 atom stereocenters. The summed E-state index contributed by atoms with van der Waals surface area (Å²) in [6.07, 6.45) is 7.26. The first-order chi connectivity index (χ1) is 10.6. The molecule has 1 aliphatic heterocycles. The van der Waals surface area contributed by atoms with Crippen LogP contribution in [0.2, 0.25) is 0 Å². The van der Waals surface area contributed by atoms with E-state index in [1.165, 1.54) is 0 Å². The Morgan fingerprint density at radius 3 is 2.64 bits per heavy atom. The number of aromatic nitrogens is 1. The summed E-state index contributed by atoms with van der Waals surface area (Å²) < 4.78 is 32.8. The molecule has 22 heavy (non-hydrogen) atoms. The maximum absolute atomic E-state index is 12.7. The molecule has 1 aliphatic carbocycles. The molecule has 6 heteroatoms. The quantitative estimate of drug-likeness (QED) is 0.854. The molecule has 2 fully saturated rings. The van der Waals surface area contributed by atoms with E-state index < -0.39 is 10.0 Å². The Bertz CT molecular complexity index is 594. The van der Waals surface area contributed by atoms with Gasteiger partial charge in [0.15, 0.2) is 0 Å². The maximum atomic E-state index is 12.7. The third-order valence-electron chi connectivity index (χ3n) is 4.61. The van der Waals surface area contributed by atoms with Crippen molar-refractivity contribution in [1.82, 2.24) is 9.29 Å². The van der Waals surface area contributed by atoms with Gasteiger partial charge in [-0.2, -0.15) is 4.31 Å². The standard InChI is InChI=1S/C16H24N2O3S/c1-13-7-8-16(17-11-13)21-14-9-10-18(12-14)22(19,20)15-5-3-2-4-6-15/h7-8,11,14-15H,2-6,9-10,12H2,1H3. The molecule has 0 spiro atoms. The number of nitrogens with zero attached hydrogens (tertiary/aromatic N) is 2. The summed E-state index contributed by atoms with van der Waals surface area (Å²) in [6, 6.07) is 3.79. The summed E-state index contributed by atoms with van der Waals surface area (Å²) in [6.45, 7) is 2.99. The minimum absolute atomic E-state index is 0.0893. The summed E-state index contributed by atoms with van der Waals surface area (Å²) in [5.74, 6) is 0.576. The van der Waals surface area contributed by atoms with E-state index >= 15 is 0 Å². The molecule has 0 N–H and O–H groups in total. The predicted octanol–water partition coefficient (Wildman–Crippen LogP) is 2.51. The first-order valence-corrected chi connectivity index (χ1v) is 9.64. The van der Waals surface area contributed by atoms with Crippen LogP contribution in [0.5, 0.6) is 5.88 Å². The zero-order chi connectivity index (χ0) is 15.6. The van der Waals surface area contributed by atoms with Crippen LogP contribution in [0.1, 0.15) is 44.1 Å². The van der Waals surface area contributed by atoms with Crippen molar-refractivity contribution in [2.45, 2.75) is 56.8 Å². The number of ether oxygens (including phenoxy) is 1. The average Bonchev–Trinajstić information content (AvgIpc) is 3.00. The molecule has 0 amide bonds. The van der Waals surface area contributed by atoms with Gasteiger partial charge in [0.2, 0.25) is 15.9 Å². The molecule has 1 aromatic heterocycles. The van der Waals surface area contributed by atoms with E-state index in [9.17, 15) is 8.42 Å². The van der Waals surface area contributed by atoms with Crippen LogP contribution < -0.4 is 4.74 Å². The molecular weight excluding hydrogens is 300 g/mol. The molecule has 2 heterocycles. The molecule has 122 valence electrons. The molecule has 0 radical (unpaired) electrons. The zero-order valence-electron chi connectivity index (χ0n) is 13.1. The molecule has 0 aromatic carbocycles. The molecule has 3 rings (SSSR count). The Balaban J connectivity index is 1.60. The van der Waals surface area contributed by atoms with Gasteiger partial charge in [-0.05, 0) is 31.7 Å². The van der Waals surface area contributed by atoms with Gasteiger partial charge >= 0.3 is 0 Å². The summed E-state index contributed by atoms with van der Waals surface area (Å²) in [5, 5.41) is -0.183. The Morgan fingerprint density at radius 2 is 1.95 bits per heavy atom. The highest BCUT2D eigenvalue weighted by atomic mass is 32.2. The van der Waals surface area contributed by atoms with Gasteiger partial charge < -0.3 is 4.74 Å². The fourth-order valence-electron chi connectivity index (χ4n) is 3.29. The number of rotatable bonds is 4. The summed E-state index contributed by atoms with van der Waals surface area (Å²) >= 11 is 0. The number of hydrogen-bond acceptors (Lipinski definition) is 4. The lowest BCUT2D eigenvalue weighted by atomic mass is 10.0. The van der Waals surface area contributed by atoms with Crippen molar-refractivity contribution >= 4 is 10.0 Å². The lowest BCUT2D eigenvalue weighted by Gasteiger charge is -2.26. The van der Waals surface area contributed by atoms with Gasteiger partial charge in [-0.25, -0.2) is 13.4 Å². The number of aryl methyl sites for hydroxylation is 1. The van der Waals surface area contributed by atoms with Gasteiger partial charge in [-0.1, -0.05) is 25.3 Å². The van der Waals surface area contributed by atoms with Gasteiger partial charge in [-0.3, -0.25) is 0 Å². The zero-order valence-corrected chi connectivity index (χ0v) is 13.9. The fraction of sp³-hybridized carbons (Fsp3) is 0.688. The van der Waals surface area contributed by atoms with Crippen LogP contribution in [0.3, 0.4) is 0 Å².